The molecule has 31 heavy (non-hydrogen) atoms. The Bertz CT molecular complexity index is 1180. The van der Waals surface area contributed by atoms with E-state index in [1.807, 2.05) is 6.92 Å². The lowest BCUT2D eigenvalue weighted by molar-refractivity contribution is -0.118. The number of benzene rings is 3. The van der Waals surface area contributed by atoms with Crippen LogP contribution in [0.15, 0.2) is 82.8 Å². The smallest absolute Gasteiger partial charge is 0.276 e. The number of nitrogens with zero attached hydrogens (tertiary/aromatic N) is 1. The molecule has 0 bridgehead atoms. The highest BCUT2D eigenvalue weighted by Crippen LogP contribution is 2.20. The van der Waals surface area contributed by atoms with Crippen molar-refractivity contribution in [1.29, 1.82) is 0 Å². The first-order valence-corrected chi connectivity index (χ1v) is 11.1. The summed E-state index contributed by atoms with van der Waals surface area (Å²) in [5, 5.41) is 6.90. The molecule has 0 aliphatic rings. The molecule has 0 spiro atoms. The number of anilines is 1. The molecule has 7 nitrogen and oxygen atoms in total. The number of ether oxygens (including phenoxy) is 1. The predicted molar refractivity (Wildman–Crippen MR) is 121 cm³/mol. The first kappa shape index (κ1) is 22.3. The van der Waals surface area contributed by atoms with Crippen LogP contribution in [0.2, 0.25) is 5.02 Å². The molecule has 0 atom stereocenters. The number of carbonyl (C=O) groups is 1. The fourth-order valence-electron chi connectivity index (χ4n) is 2.49. The van der Waals surface area contributed by atoms with E-state index < -0.39 is 10.0 Å². The standard InChI is InChI=1S/C22H20ClN3O4S/c1-16-6-12-19(13-7-16)31(28,29)26-24-14-17-8-10-18(11-9-17)30-15-22(27)25-21-5-3-2-4-20(21)23/h2-14,26H,15H2,1H3,(H,25,27)/b24-14+. The first-order valence-electron chi connectivity index (χ1n) is 9.22. The van der Waals surface area contributed by atoms with Crippen LogP contribution in [-0.2, 0) is 14.8 Å². The third kappa shape index (κ3) is 6.56. The molecule has 0 fully saturated rings. The van der Waals surface area contributed by atoms with E-state index in [0.717, 1.165) is 5.56 Å². The lowest BCUT2D eigenvalue weighted by Crippen LogP contribution is -2.20. The summed E-state index contributed by atoms with van der Waals surface area (Å²) < 4.78 is 29.8. The van der Waals surface area contributed by atoms with Gasteiger partial charge in [0.25, 0.3) is 15.9 Å². The maximum absolute atomic E-state index is 12.2. The highest BCUT2D eigenvalue weighted by atomic mass is 35.5. The molecule has 3 aromatic rings. The summed E-state index contributed by atoms with van der Waals surface area (Å²) >= 11 is 6.00. The third-order valence-corrected chi connectivity index (χ3v) is 5.68. The molecule has 2 N–H and O–H groups in total. The number of aryl methyl sites for hydroxylation is 1. The zero-order chi connectivity index (χ0) is 22.3. The average Bonchev–Trinajstić information content (AvgIpc) is 2.75. The van der Waals surface area contributed by atoms with Crippen LogP contribution in [-0.4, -0.2) is 27.1 Å². The maximum Gasteiger partial charge on any atom is 0.276 e. The highest BCUT2D eigenvalue weighted by Gasteiger charge is 2.11. The number of para-hydroxylation sites is 1. The number of rotatable bonds is 8. The Morgan fingerprint density at radius 2 is 1.71 bits per heavy atom. The van der Waals surface area contributed by atoms with Crippen molar-refractivity contribution >= 4 is 39.4 Å². The van der Waals surface area contributed by atoms with Crippen molar-refractivity contribution in [3.63, 3.8) is 0 Å². The molecule has 3 aromatic carbocycles. The SMILES string of the molecule is Cc1ccc(S(=O)(=O)N/N=C/c2ccc(OCC(=O)Nc3ccccc3Cl)cc2)cc1. The Balaban J connectivity index is 1.51. The van der Waals surface area contributed by atoms with Crippen molar-refractivity contribution < 1.29 is 17.9 Å². The van der Waals surface area contributed by atoms with Crippen LogP contribution in [0.25, 0.3) is 0 Å². The highest BCUT2D eigenvalue weighted by molar-refractivity contribution is 7.89. The van der Waals surface area contributed by atoms with E-state index >= 15 is 0 Å². The van der Waals surface area contributed by atoms with E-state index in [4.69, 9.17) is 16.3 Å². The maximum atomic E-state index is 12.2. The molecule has 0 heterocycles. The van der Waals surface area contributed by atoms with Gasteiger partial charge in [-0.25, -0.2) is 4.83 Å². The van der Waals surface area contributed by atoms with E-state index in [1.54, 1.807) is 60.7 Å². The Kier molecular flexibility index (Phi) is 7.28. The van der Waals surface area contributed by atoms with Gasteiger partial charge in [-0.15, -0.1) is 0 Å². The number of hydrogen-bond donors (Lipinski definition) is 2. The van der Waals surface area contributed by atoms with Crippen LogP contribution in [0.4, 0.5) is 5.69 Å². The van der Waals surface area contributed by atoms with Crippen molar-refractivity contribution in [3.8, 4) is 5.75 Å². The van der Waals surface area contributed by atoms with Crippen LogP contribution in [0.1, 0.15) is 11.1 Å². The Labute approximate surface area is 185 Å². The number of hydrazone groups is 1. The van der Waals surface area contributed by atoms with Crippen molar-refractivity contribution in [3.05, 3.63) is 88.9 Å². The van der Waals surface area contributed by atoms with Crippen molar-refractivity contribution in [2.75, 3.05) is 11.9 Å². The Morgan fingerprint density at radius 3 is 2.39 bits per heavy atom. The van der Waals surface area contributed by atoms with Gasteiger partial charge in [0, 0.05) is 0 Å². The molecule has 160 valence electrons. The molecule has 9 heteroatoms. The second-order valence-electron chi connectivity index (χ2n) is 6.55. The fourth-order valence-corrected chi connectivity index (χ4v) is 3.46. The minimum absolute atomic E-state index is 0.133. The second-order valence-corrected chi connectivity index (χ2v) is 8.62. The molecule has 0 aliphatic heterocycles. The molecule has 0 unspecified atom stereocenters. The summed E-state index contributed by atoms with van der Waals surface area (Å²) in [6, 6.07) is 20.0. The molecule has 0 aliphatic carbocycles. The Hall–Kier alpha value is -3.36. The molecule has 1 amide bonds. The van der Waals surface area contributed by atoms with Gasteiger partial charge >= 0.3 is 0 Å². The molecule has 0 saturated heterocycles. The van der Waals surface area contributed by atoms with Gasteiger partial charge in [-0.3, -0.25) is 4.79 Å². The number of sulfonamides is 1. The van der Waals surface area contributed by atoms with Gasteiger partial charge in [-0.05, 0) is 61.0 Å². The van der Waals surface area contributed by atoms with E-state index in [9.17, 15) is 13.2 Å². The lowest BCUT2D eigenvalue weighted by Gasteiger charge is -2.08. The van der Waals surface area contributed by atoms with Crippen molar-refractivity contribution in [2.45, 2.75) is 11.8 Å². The van der Waals surface area contributed by atoms with Gasteiger partial charge in [0.15, 0.2) is 6.61 Å². The van der Waals surface area contributed by atoms with Gasteiger partial charge in [0.05, 0.1) is 21.8 Å². The van der Waals surface area contributed by atoms with Gasteiger partial charge in [0.2, 0.25) is 0 Å². The molecule has 3 rings (SSSR count). The van der Waals surface area contributed by atoms with Gasteiger partial charge in [0.1, 0.15) is 5.75 Å². The fraction of sp³-hybridized carbons (Fsp3) is 0.0909. The second kappa shape index (κ2) is 10.1. The monoisotopic (exact) mass is 457 g/mol. The molecule has 0 saturated carbocycles. The minimum atomic E-state index is -3.73. The van der Waals surface area contributed by atoms with Crippen molar-refractivity contribution in [1.82, 2.24) is 4.83 Å². The van der Waals surface area contributed by atoms with Crippen LogP contribution in [0, 0.1) is 6.92 Å². The summed E-state index contributed by atoms with van der Waals surface area (Å²) in [5.41, 5.74) is 2.13. The number of halogens is 1. The normalized spacial score (nSPS) is 11.3. The minimum Gasteiger partial charge on any atom is -0.484 e. The van der Waals surface area contributed by atoms with Crippen LogP contribution < -0.4 is 14.9 Å². The number of hydrogen-bond acceptors (Lipinski definition) is 5. The third-order valence-electron chi connectivity index (χ3n) is 4.12. The molecular formula is C22H20ClN3O4S. The van der Waals surface area contributed by atoms with Crippen LogP contribution in [0.5, 0.6) is 5.75 Å². The largest absolute Gasteiger partial charge is 0.484 e. The van der Waals surface area contributed by atoms with E-state index in [0.29, 0.717) is 22.0 Å². The van der Waals surface area contributed by atoms with Gasteiger partial charge in [-0.1, -0.05) is 41.4 Å². The summed E-state index contributed by atoms with van der Waals surface area (Å²) in [5.74, 6) is 0.135. The Morgan fingerprint density at radius 1 is 1.03 bits per heavy atom. The van der Waals surface area contributed by atoms with E-state index in [2.05, 4.69) is 15.2 Å². The first-order chi connectivity index (χ1) is 14.8. The van der Waals surface area contributed by atoms with E-state index in [-0.39, 0.29) is 17.4 Å². The number of carbonyl (C=O) groups excluding carboxylic acids is 1. The van der Waals surface area contributed by atoms with E-state index in [1.165, 1.54) is 18.3 Å². The van der Waals surface area contributed by atoms with Gasteiger partial charge < -0.3 is 10.1 Å². The zero-order valence-corrected chi connectivity index (χ0v) is 18.2. The summed E-state index contributed by atoms with van der Waals surface area (Å²) in [4.78, 5) is 14.3. The zero-order valence-electron chi connectivity index (χ0n) is 16.6. The van der Waals surface area contributed by atoms with Crippen LogP contribution in [0.3, 0.4) is 0 Å². The topological polar surface area (TPSA) is 96.9 Å². The molecular weight excluding hydrogens is 438 g/mol. The average molecular weight is 458 g/mol. The summed E-state index contributed by atoms with van der Waals surface area (Å²) in [7, 11) is -3.73. The quantitative estimate of drug-likeness (QED) is 0.395. The van der Waals surface area contributed by atoms with Gasteiger partial charge in [-0.2, -0.15) is 13.5 Å². The number of amides is 1. The number of nitrogens with one attached hydrogen (secondary N) is 2. The van der Waals surface area contributed by atoms with Crippen molar-refractivity contribution in [2.24, 2.45) is 5.10 Å². The molecule has 0 radical (unpaired) electrons. The molecule has 0 aromatic heterocycles. The predicted octanol–water partition coefficient (Wildman–Crippen LogP) is 3.98. The summed E-state index contributed by atoms with van der Waals surface area (Å²) in [6.45, 7) is 1.69. The van der Waals surface area contributed by atoms with Crippen LogP contribution >= 0.6 is 11.6 Å². The summed E-state index contributed by atoms with van der Waals surface area (Å²) in [6.07, 6.45) is 1.37. The lowest BCUT2D eigenvalue weighted by atomic mass is 10.2.